The normalized spacial score (nSPS) is 15.9. The van der Waals surface area contributed by atoms with Crippen LogP contribution in [0.1, 0.15) is 171 Å². The number of carbonyl (C=O) groups is 1. The number of nitrogens with zero attached hydrogens (tertiary/aromatic N) is 2. The molecule has 8 bridgehead atoms. The molecule has 6 rings (SSSR count). The van der Waals surface area contributed by atoms with E-state index < -0.39 is 18.2 Å². The second-order valence-corrected chi connectivity index (χ2v) is 15.0. The summed E-state index contributed by atoms with van der Waals surface area (Å²) in [6.07, 6.45) is 19.3. The molecule has 5 N–H and O–H groups in total. The van der Waals surface area contributed by atoms with Crippen molar-refractivity contribution in [1.29, 1.82) is 0 Å². The van der Waals surface area contributed by atoms with Crippen LogP contribution in [0.15, 0.2) is 36.4 Å². The van der Waals surface area contributed by atoms with Gasteiger partial charge in [-0.25, -0.2) is 9.78 Å². The summed E-state index contributed by atoms with van der Waals surface area (Å²) in [6, 6.07) is 11.1. The molecule has 8 nitrogen and oxygen atoms in total. The molecule has 0 aliphatic carbocycles. The standard InChI is InChI=1S/C45H58N4O4/c1-4-7-10-13-16-31-34-23-24-36(46-34)32(17-14-11-8-5-2)41-43(50)44(51)42(49-41)33(18-15-12-9-6-3)37-26-28-39(48-37)40(38-27-25-35(31)47-38)29-19-21-30(22-20-29)45(52)53/h19-22,25-28,43-44,46,48,50-51H,4-18,23-24H2,1-3H3,(H,52,53). The van der Waals surface area contributed by atoms with Crippen molar-refractivity contribution in [3.8, 4) is 11.1 Å². The van der Waals surface area contributed by atoms with Crippen LogP contribution in [0.4, 0.5) is 0 Å². The Morgan fingerprint density at radius 3 is 1.75 bits per heavy atom. The van der Waals surface area contributed by atoms with E-state index >= 15 is 0 Å². The van der Waals surface area contributed by atoms with Crippen molar-refractivity contribution in [3.63, 3.8) is 0 Å². The van der Waals surface area contributed by atoms with E-state index in [1.807, 2.05) is 24.3 Å². The molecule has 0 fully saturated rings. The first-order valence-electron chi connectivity index (χ1n) is 20.3. The van der Waals surface area contributed by atoms with Crippen molar-refractivity contribution in [3.05, 3.63) is 92.8 Å². The Morgan fingerprint density at radius 2 is 1.15 bits per heavy atom. The van der Waals surface area contributed by atoms with Crippen LogP contribution in [0.25, 0.3) is 34.3 Å². The molecule has 2 aromatic heterocycles. The number of aromatic carboxylic acids is 1. The number of hydrogen-bond donors (Lipinski definition) is 5. The second kappa shape index (κ2) is 18.2. The monoisotopic (exact) mass is 718 g/mol. The minimum absolute atomic E-state index is 0.229. The van der Waals surface area contributed by atoms with Gasteiger partial charge < -0.3 is 25.3 Å². The van der Waals surface area contributed by atoms with Gasteiger partial charge in [0, 0.05) is 28.0 Å². The first-order valence-corrected chi connectivity index (χ1v) is 20.3. The summed E-state index contributed by atoms with van der Waals surface area (Å²) in [6.45, 7) is 6.65. The number of aromatic nitrogens is 4. The highest BCUT2D eigenvalue weighted by atomic mass is 16.4. The average molecular weight is 719 g/mol. The maximum Gasteiger partial charge on any atom is 0.335 e. The summed E-state index contributed by atoms with van der Waals surface area (Å²) in [5.74, 6) is -0.965. The summed E-state index contributed by atoms with van der Waals surface area (Å²) in [5.41, 5.74) is 12.0. The lowest BCUT2D eigenvalue weighted by Gasteiger charge is -2.13. The highest BCUT2D eigenvalue weighted by molar-refractivity contribution is 5.93. The van der Waals surface area contributed by atoms with Crippen LogP contribution < -0.4 is 0 Å². The van der Waals surface area contributed by atoms with Gasteiger partial charge in [0.15, 0.2) is 0 Å². The van der Waals surface area contributed by atoms with Crippen molar-refractivity contribution in [2.75, 3.05) is 0 Å². The number of carboxylic acid groups (broad SMARTS) is 1. The van der Waals surface area contributed by atoms with Gasteiger partial charge in [0.05, 0.1) is 28.3 Å². The van der Waals surface area contributed by atoms with Crippen LogP contribution in [0.5, 0.6) is 0 Å². The molecular weight excluding hydrogens is 661 g/mol. The van der Waals surface area contributed by atoms with Crippen LogP contribution in [0.3, 0.4) is 0 Å². The van der Waals surface area contributed by atoms with Gasteiger partial charge in [-0.3, -0.25) is 4.98 Å². The van der Waals surface area contributed by atoms with Gasteiger partial charge in [-0.15, -0.1) is 0 Å². The molecule has 2 unspecified atom stereocenters. The molecule has 53 heavy (non-hydrogen) atoms. The van der Waals surface area contributed by atoms with Gasteiger partial charge in [-0.05, 0) is 110 Å². The van der Waals surface area contributed by atoms with Gasteiger partial charge in [-0.2, -0.15) is 0 Å². The first kappa shape index (κ1) is 38.5. The van der Waals surface area contributed by atoms with E-state index in [0.29, 0.717) is 17.8 Å². The van der Waals surface area contributed by atoms with E-state index in [-0.39, 0.29) is 5.56 Å². The van der Waals surface area contributed by atoms with E-state index in [1.54, 1.807) is 12.1 Å². The van der Waals surface area contributed by atoms with Crippen LogP contribution in [0.2, 0.25) is 0 Å². The predicted octanol–water partition coefficient (Wildman–Crippen LogP) is 10.5. The maximum absolute atomic E-state index is 11.8. The number of benzene rings is 1. The zero-order chi connectivity index (χ0) is 37.3. The van der Waals surface area contributed by atoms with E-state index in [4.69, 9.17) is 9.97 Å². The number of carboxylic acids is 1. The number of aliphatic hydroxyl groups is 2. The Bertz CT molecular complexity index is 1970. The van der Waals surface area contributed by atoms with Gasteiger partial charge in [0.2, 0.25) is 0 Å². The molecule has 2 atom stereocenters. The van der Waals surface area contributed by atoms with Crippen LogP contribution >= 0.6 is 0 Å². The number of nitrogens with one attached hydrogen (secondary N) is 2. The largest absolute Gasteiger partial charge is 0.478 e. The van der Waals surface area contributed by atoms with Gasteiger partial charge in [0.25, 0.3) is 0 Å². The number of fused-ring (bicyclic) bond motifs is 8. The molecule has 5 heterocycles. The lowest BCUT2D eigenvalue weighted by Crippen LogP contribution is -2.08. The van der Waals surface area contributed by atoms with Crippen molar-refractivity contribution in [1.82, 2.24) is 19.9 Å². The number of aliphatic hydroxyl groups excluding tert-OH is 2. The lowest BCUT2D eigenvalue weighted by molar-refractivity contribution is 0.0243. The Kier molecular flexibility index (Phi) is 13.2. The third-order valence-corrected chi connectivity index (χ3v) is 11.1. The number of hydrogen-bond acceptors (Lipinski definition) is 5. The number of aryl methyl sites for hydroxylation is 3. The maximum atomic E-state index is 11.8. The SMILES string of the molecule is CCCCCCc1c2nc(c(-c3ccc(C(=O)O)cc3)c3ccc([nH]3)c(CCCCCC)c3nc(c(CCCCCC)c4[nH]c1CC4)C(O)C3O)C=C2. The zero-order valence-corrected chi connectivity index (χ0v) is 31.9. The Morgan fingerprint density at radius 1 is 0.623 bits per heavy atom. The minimum atomic E-state index is -1.13. The van der Waals surface area contributed by atoms with Gasteiger partial charge in [-0.1, -0.05) is 90.7 Å². The number of unbranched alkanes of at least 4 members (excludes halogenated alkanes) is 9. The molecular formula is C45H58N4O4. The summed E-state index contributed by atoms with van der Waals surface area (Å²) in [4.78, 5) is 29.8. The number of H-pyrrole nitrogens is 2. The van der Waals surface area contributed by atoms with Gasteiger partial charge in [0.1, 0.15) is 12.2 Å². The molecule has 0 saturated heterocycles. The first-order chi connectivity index (χ1) is 25.8. The molecule has 0 amide bonds. The highest BCUT2D eigenvalue weighted by Gasteiger charge is 2.34. The van der Waals surface area contributed by atoms with Gasteiger partial charge >= 0.3 is 5.97 Å². The van der Waals surface area contributed by atoms with Crippen molar-refractivity contribution in [2.45, 2.75) is 142 Å². The quantitative estimate of drug-likeness (QED) is 0.0690. The minimum Gasteiger partial charge on any atom is -0.478 e. The highest BCUT2D eigenvalue weighted by Crippen LogP contribution is 2.39. The van der Waals surface area contributed by atoms with Crippen molar-refractivity contribution >= 4 is 29.2 Å². The lowest BCUT2D eigenvalue weighted by atomic mass is 9.97. The number of rotatable bonds is 17. The summed E-state index contributed by atoms with van der Waals surface area (Å²) in [5, 5.41) is 33.2. The van der Waals surface area contributed by atoms with Crippen molar-refractivity contribution < 1.29 is 20.1 Å². The smallest absolute Gasteiger partial charge is 0.335 e. The molecule has 0 saturated carbocycles. The van der Waals surface area contributed by atoms with Crippen LogP contribution in [-0.4, -0.2) is 41.2 Å². The van der Waals surface area contributed by atoms with Crippen molar-refractivity contribution in [2.24, 2.45) is 0 Å². The van der Waals surface area contributed by atoms with Crippen LogP contribution in [-0.2, 0) is 32.1 Å². The molecule has 3 aliphatic rings. The molecule has 0 radical (unpaired) electrons. The second-order valence-electron chi connectivity index (χ2n) is 15.0. The van der Waals surface area contributed by atoms with Crippen LogP contribution in [0, 0.1) is 0 Å². The van der Waals surface area contributed by atoms with E-state index in [9.17, 15) is 20.1 Å². The Balaban J connectivity index is 1.67. The molecule has 282 valence electrons. The third kappa shape index (κ3) is 8.76. The fraction of sp³-hybridized carbons (Fsp3) is 0.489. The molecule has 3 aromatic rings. The molecule has 3 aliphatic heterocycles. The third-order valence-electron chi connectivity index (χ3n) is 11.1. The molecule has 8 heteroatoms. The molecule has 0 spiro atoms. The Labute approximate surface area is 314 Å². The van der Waals surface area contributed by atoms with E-state index in [0.717, 1.165) is 140 Å². The zero-order valence-electron chi connectivity index (χ0n) is 31.9. The van der Waals surface area contributed by atoms with E-state index in [2.05, 4.69) is 42.9 Å². The fourth-order valence-corrected chi connectivity index (χ4v) is 8.12. The van der Waals surface area contributed by atoms with E-state index in [1.165, 1.54) is 24.1 Å². The topological polar surface area (TPSA) is 135 Å². The Hall–Kier alpha value is -4.27. The fourth-order valence-electron chi connectivity index (χ4n) is 8.12. The summed E-state index contributed by atoms with van der Waals surface area (Å²) >= 11 is 0. The summed E-state index contributed by atoms with van der Waals surface area (Å²) in [7, 11) is 0. The molecule has 1 aromatic carbocycles. The predicted molar refractivity (Wildman–Crippen MR) is 214 cm³/mol. The number of aromatic amines is 2. The summed E-state index contributed by atoms with van der Waals surface area (Å²) < 4.78 is 0. The average Bonchev–Trinajstić information content (AvgIpc) is 3.99.